The van der Waals surface area contributed by atoms with Crippen LogP contribution in [0.15, 0.2) is 41.2 Å². The van der Waals surface area contributed by atoms with E-state index in [4.69, 9.17) is 39.5 Å². The zero-order valence-corrected chi connectivity index (χ0v) is 16.2. The van der Waals surface area contributed by atoms with E-state index in [0.29, 0.717) is 22.5 Å². The Balaban J connectivity index is 2.23. The second-order valence-corrected chi connectivity index (χ2v) is 6.44. The van der Waals surface area contributed by atoms with E-state index in [1.165, 1.54) is 10.6 Å². The first kappa shape index (κ1) is 19.3. The van der Waals surface area contributed by atoms with Gasteiger partial charge in [0.25, 0.3) is 11.5 Å². The first-order chi connectivity index (χ1) is 12.9. The lowest BCUT2D eigenvalue weighted by atomic mass is 10.2. The van der Waals surface area contributed by atoms with Crippen LogP contribution in [0.1, 0.15) is 0 Å². The van der Waals surface area contributed by atoms with Gasteiger partial charge in [-0.05, 0) is 36.4 Å². The van der Waals surface area contributed by atoms with Crippen molar-refractivity contribution in [3.8, 4) is 11.4 Å². The van der Waals surface area contributed by atoms with Crippen molar-refractivity contribution in [1.29, 1.82) is 0 Å². The van der Waals surface area contributed by atoms with Gasteiger partial charge in [0, 0.05) is 5.69 Å². The van der Waals surface area contributed by atoms with Crippen molar-refractivity contribution in [3.63, 3.8) is 0 Å². The third-order valence-electron chi connectivity index (χ3n) is 3.67. The monoisotopic (exact) mass is 426 g/mol. The molecule has 0 radical (unpaired) electrons. The van der Waals surface area contributed by atoms with Crippen molar-refractivity contribution in [3.05, 3.63) is 56.8 Å². The summed E-state index contributed by atoms with van der Waals surface area (Å²) in [7, 11) is 1.55. The average molecular weight is 428 g/mol. The first-order valence-corrected chi connectivity index (χ1v) is 8.90. The van der Waals surface area contributed by atoms with E-state index < -0.39 is 11.5 Å². The third-order valence-corrected chi connectivity index (χ3v) is 4.63. The summed E-state index contributed by atoms with van der Waals surface area (Å²) in [5, 5.41) is 0.566. The number of benzene rings is 2. The van der Waals surface area contributed by atoms with Crippen molar-refractivity contribution in [2.45, 2.75) is 0 Å². The summed E-state index contributed by atoms with van der Waals surface area (Å²) in [4.78, 5) is 28.6. The Morgan fingerprint density at radius 3 is 2.48 bits per heavy atom. The number of methoxy groups -OCH3 is 1. The number of hydrazine groups is 1. The van der Waals surface area contributed by atoms with Crippen LogP contribution in [0.5, 0.6) is 5.75 Å². The van der Waals surface area contributed by atoms with Crippen molar-refractivity contribution in [2.24, 2.45) is 0 Å². The molecule has 2 N–H and O–H groups in total. The number of anilines is 1. The predicted octanol–water partition coefficient (Wildman–Crippen LogP) is 3.38. The summed E-state index contributed by atoms with van der Waals surface area (Å²) < 4.78 is 6.55. The van der Waals surface area contributed by atoms with Gasteiger partial charge < -0.3 is 4.74 Å². The second-order valence-electron chi connectivity index (χ2n) is 5.36. The van der Waals surface area contributed by atoms with Gasteiger partial charge in [0.05, 0.1) is 28.2 Å². The summed E-state index contributed by atoms with van der Waals surface area (Å²) in [5.41, 5.74) is 5.71. The average Bonchev–Trinajstić information content (AvgIpc) is 2.68. The van der Waals surface area contributed by atoms with E-state index in [2.05, 4.69) is 15.8 Å². The molecule has 0 bridgehead atoms. The second kappa shape index (κ2) is 8.04. The predicted molar refractivity (Wildman–Crippen MR) is 106 cm³/mol. The molecule has 0 aliphatic rings. The van der Waals surface area contributed by atoms with Gasteiger partial charge in [0.2, 0.25) is 5.82 Å². The molecule has 1 heterocycles. The highest BCUT2D eigenvalue weighted by Gasteiger charge is 2.15. The Bertz CT molecular complexity index is 1070. The SMILES string of the molecule is COc1ccc(-n2c(=O)c(NNC(=O)CCl)nc3cc(Cl)c(Cl)cc32)cc1. The number of rotatable bonds is 5. The highest BCUT2D eigenvalue weighted by atomic mass is 35.5. The molecule has 27 heavy (non-hydrogen) atoms. The molecule has 0 fully saturated rings. The molecular formula is C17H13Cl3N4O3. The fourth-order valence-electron chi connectivity index (χ4n) is 2.41. The molecular weight excluding hydrogens is 415 g/mol. The van der Waals surface area contributed by atoms with Crippen molar-refractivity contribution >= 4 is 57.6 Å². The quantitative estimate of drug-likeness (QED) is 0.482. The maximum absolute atomic E-state index is 13.0. The van der Waals surface area contributed by atoms with Crippen LogP contribution >= 0.6 is 34.8 Å². The number of amides is 1. The lowest BCUT2D eigenvalue weighted by Gasteiger charge is -2.14. The summed E-state index contributed by atoms with van der Waals surface area (Å²) in [6.45, 7) is 0. The van der Waals surface area contributed by atoms with Crippen LogP contribution in [-0.2, 0) is 4.79 Å². The molecule has 140 valence electrons. The number of nitrogens with one attached hydrogen (secondary N) is 2. The van der Waals surface area contributed by atoms with Crippen LogP contribution in [0.25, 0.3) is 16.7 Å². The van der Waals surface area contributed by atoms with Crippen LogP contribution in [0.2, 0.25) is 10.0 Å². The van der Waals surface area contributed by atoms with E-state index in [9.17, 15) is 9.59 Å². The van der Waals surface area contributed by atoms with Crippen LogP contribution < -0.4 is 21.1 Å². The van der Waals surface area contributed by atoms with E-state index in [-0.39, 0.29) is 21.7 Å². The van der Waals surface area contributed by atoms with E-state index in [1.807, 2.05) is 0 Å². The molecule has 0 aliphatic heterocycles. The highest BCUT2D eigenvalue weighted by Crippen LogP contribution is 2.28. The summed E-state index contributed by atoms with van der Waals surface area (Å²) >= 11 is 17.7. The lowest BCUT2D eigenvalue weighted by Crippen LogP contribution is -2.35. The topological polar surface area (TPSA) is 85.2 Å². The minimum atomic E-state index is -0.511. The Hall–Kier alpha value is -2.48. The summed E-state index contributed by atoms with van der Waals surface area (Å²) in [6, 6.07) is 9.95. The Morgan fingerprint density at radius 2 is 1.85 bits per heavy atom. The molecule has 0 saturated carbocycles. The number of carbonyl (C=O) groups is 1. The molecule has 0 spiro atoms. The first-order valence-electron chi connectivity index (χ1n) is 7.61. The van der Waals surface area contributed by atoms with E-state index >= 15 is 0 Å². The number of hydrogen-bond acceptors (Lipinski definition) is 5. The summed E-state index contributed by atoms with van der Waals surface area (Å²) in [6.07, 6.45) is 0. The fourth-order valence-corrected chi connectivity index (χ4v) is 2.79. The van der Waals surface area contributed by atoms with Crippen LogP contribution in [-0.4, -0.2) is 28.4 Å². The number of alkyl halides is 1. The van der Waals surface area contributed by atoms with Gasteiger partial charge >= 0.3 is 0 Å². The molecule has 10 heteroatoms. The van der Waals surface area contributed by atoms with Gasteiger partial charge in [-0.15, -0.1) is 11.6 Å². The molecule has 0 atom stereocenters. The van der Waals surface area contributed by atoms with Crippen molar-refractivity contribution in [1.82, 2.24) is 15.0 Å². The Morgan fingerprint density at radius 1 is 1.19 bits per heavy atom. The number of ether oxygens (including phenoxy) is 1. The third kappa shape index (κ3) is 3.95. The van der Waals surface area contributed by atoms with E-state index in [0.717, 1.165) is 0 Å². The van der Waals surface area contributed by atoms with Crippen molar-refractivity contribution < 1.29 is 9.53 Å². The van der Waals surface area contributed by atoms with Crippen LogP contribution in [0, 0.1) is 0 Å². The number of nitrogens with zero attached hydrogens (tertiary/aromatic N) is 2. The molecule has 3 aromatic rings. The molecule has 0 aliphatic carbocycles. The van der Waals surface area contributed by atoms with Gasteiger partial charge in [0.1, 0.15) is 11.6 Å². The van der Waals surface area contributed by atoms with Gasteiger partial charge in [-0.25, -0.2) is 4.98 Å². The molecule has 7 nitrogen and oxygen atoms in total. The standard InChI is InChI=1S/C17H13Cl3N4O3/c1-27-10-4-2-9(3-5-10)24-14-7-12(20)11(19)6-13(14)21-16(17(24)26)23-22-15(25)8-18/h2-7H,8H2,1H3,(H,21,23)(H,22,25). The Kier molecular flexibility index (Phi) is 5.74. The van der Waals surface area contributed by atoms with Crippen LogP contribution in [0.4, 0.5) is 5.82 Å². The number of halogens is 3. The van der Waals surface area contributed by atoms with Crippen LogP contribution in [0.3, 0.4) is 0 Å². The number of fused-ring (bicyclic) bond motifs is 1. The molecule has 2 aromatic carbocycles. The minimum Gasteiger partial charge on any atom is -0.497 e. The molecule has 0 saturated heterocycles. The molecule has 1 aromatic heterocycles. The normalized spacial score (nSPS) is 10.7. The lowest BCUT2D eigenvalue weighted by molar-refractivity contribution is -0.118. The number of carbonyl (C=O) groups excluding carboxylic acids is 1. The van der Waals surface area contributed by atoms with Gasteiger partial charge in [0.15, 0.2) is 0 Å². The maximum atomic E-state index is 13.0. The smallest absolute Gasteiger partial charge is 0.300 e. The largest absolute Gasteiger partial charge is 0.497 e. The molecule has 3 rings (SSSR count). The summed E-state index contributed by atoms with van der Waals surface area (Å²) in [5.74, 6) is -0.244. The highest BCUT2D eigenvalue weighted by molar-refractivity contribution is 6.42. The van der Waals surface area contributed by atoms with E-state index in [1.54, 1.807) is 37.4 Å². The number of hydrogen-bond donors (Lipinski definition) is 2. The molecule has 0 unspecified atom stereocenters. The Labute approximate surface area is 168 Å². The maximum Gasteiger partial charge on any atom is 0.300 e. The van der Waals surface area contributed by atoms with Gasteiger partial charge in [-0.2, -0.15) is 0 Å². The van der Waals surface area contributed by atoms with Gasteiger partial charge in [-0.3, -0.25) is 25.0 Å². The fraction of sp³-hybridized carbons (Fsp3) is 0.118. The molecule has 1 amide bonds. The zero-order chi connectivity index (χ0) is 19.6. The minimum absolute atomic E-state index is 0.102. The van der Waals surface area contributed by atoms with Crippen molar-refractivity contribution in [2.75, 3.05) is 18.4 Å². The number of aromatic nitrogens is 2. The van der Waals surface area contributed by atoms with Gasteiger partial charge in [-0.1, -0.05) is 23.2 Å². The zero-order valence-electron chi connectivity index (χ0n) is 13.9.